The number of benzene rings is 4. The van der Waals surface area contributed by atoms with E-state index < -0.39 is 0 Å². The summed E-state index contributed by atoms with van der Waals surface area (Å²) in [5, 5.41) is 4.96. The van der Waals surface area contributed by atoms with E-state index in [4.69, 9.17) is 11.5 Å². The molecule has 0 fully saturated rings. The first kappa shape index (κ1) is 18.1. The summed E-state index contributed by atoms with van der Waals surface area (Å²) < 4.78 is 2.32. The van der Waals surface area contributed by atoms with Gasteiger partial charge >= 0.3 is 0 Å². The van der Waals surface area contributed by atoms with Gasteiger partial charge in [0.1, 0.15) is 0 Å². The molecular weight excluding hydrogens is 368 g/mol. The van der Waals surface area contributed by atoms with Crippen LogP contribution in [0.3, 0.4) is 0 Å². The number of anilines is 2. The highest BCUT2D eigenvalue weighted by Gasteiger charge is 2.08. The molecular formula is C26H24N4. The van der Waals surface area contributed by atoms with Crippen molar-refractivity contribution in [2.45, 2.75) is 13.5 Å². The van der Waals surface area contributed by atoms with Gasteiger partial charge in [-0.25, -0.2) is 0 Å². The van der Waals surface area contributed by atoms with Crippen LogP contribution in [0.2, 0.25) is 0 Å². The Hall–Kier alpha value is -3.92. The lowest BCUT2D eigenvalue weighted by atomic mass is 10.1. The van der Waals surface area contributed by atoms with Crippen molar-refractivity contribution >= 4 is 55.0 Å². The van der Waals surface area contributed by atoms with E-state index in [2.05, 4.69) is 65.0 Å². The molecule has 0 amide bonds. The standard InChI is InChI=1S/C14H14N2.C12H10N2/c1-2-16-13-6-4-3-5-11(13)12-9-10(15)7-8-14(12)16;13-8-5-6-12-10(7-8)9-3-1-2-4-11(9)14-12/h3-9H,2,15H2,1H3;1-7,14H,13H2. The van der Waals surface area contributed by atoms with Crippen LogP contribution < -0.4 is 11.5 Å². The van der Waals surface area contributed by atoms with E-state index in [0.29, 0.717) is 0 Å². The van der Waals surface area contributed by atoms with Crippen LogP contribution in [0.25, 0.3) is 43.6 Å². The molecule has 0 aliphatic rings. The first-order valence-electron chi connectivity index (χ1n) is 10.2. The Balaban J connectivity index is 0.000000130. The van der Waals surface area contributed by atoms with Gasteiger partial charge in [-0.15, -0.1) is 0 Å². The number of nitrogens with one attached hydrogen (secondary N) is 1. The SMILES string of the molecule is CCn1c2ccccc2c2cc(N)ccc21.Nc1ccc2[nH]c3ccccc3c2c1. The minimum atomic E-state index is 0.808. The average Bonchev–Trinajstić information content (AvgIpc) is 3.29. The summed E-state index contributed by atoms with van der Waals surface area (Å²) in [6.45, 7) is 3.15. The molecule has 0 bridgehead atoms. The van der Waals surface area contributed by atoms with Gasteiger partial charge in [0.2, 0.25) is 0 Å². The van der Waals surface area contributed by atoms with Crippen molar-refractivity contribution in [3.8, 4) is 0 Å². The summed E-state index contributed by atoms with van der Waals surface area (Å²) in [7, 11) is 0. The van der Waals surface area contributed by atoms with E-state index in [1.165, 1.54) is 32.6 Å². The molecule has 0 saturated heterocycles. The monoisotopic (exact) mass is 392 g/mol. The van der Waals surface area contributed by atoms with Crippen LogP contribution in [0.1, 0.15) is 6.92 Å². The largest absolute Gasteiger partial charge is 0.399 e. The van der Waals surface area contributed by atoms with Crippen molar-refractivity contribution in [2.24, 2.45) is 0 Å². The number of fused-ring (bicyclic) bond motifs is 6. The number of para-hydroxylation sites is 2. The molecule has 0 saturated carbocycles. The minimum Gasteiger partial charge on any atom is -0.399 e. The van der Waals surface area contributed by atoms with Gasteiger partial charge < -0.3 is 21.0 Å². The van der Waals surface area contributed by atoms with Crippen LogP contribution in [0, 0.1) is 0 Å². The lowest BCUT2D eigenvalue weighted by Gasteiger charge is -2.02. The predicted molar refractivity (Wildman–Crippen MR) is 130 cm³/mol. The van der Waals surface area contributed by atoms with E-state index in [-0.39, 0.29) is 0 Å². The first-order chi connectivity index (χ1) is 14.7. The summed E-state index contributed by atoms with van der Waals surface area (Å²) >= 11 is 0. The van der Waals surface area contributed by atoms with Gasteiger partial charge in [0.05, 0.1) is 0 Å². The number of aryl methyl sites for hydroxylation is 1. The molecule has 0 aliphatic heterocycles. The average molecular weight is 393 g/mol. The van der Waals surface area contributed by atoms with Gasteiger partial charge in [-0.05, 0) is 55.5 Å². The third-order valence-corrected chi connectivity index (χ3v) is 5.64. The summed E-state index contributed by atoms with van der Waals surface area (Å²) in [6, 6.07) is 28.8. The van der Waals surface area contributed by atoms with Gasteiger partial charge in [-0.2, -0.15) is 0 Å². The number of rotatable bonds is 1. The summed E-state index contributed by atoms with van der Waals surface area (Å²) in [5.41, 5.74) is 18.1. The van der Waals surface area contributed by atoms with E-state index >= 15 is 0 Å². The molecule has 4 nitrogen and oxygen atoms in total. The molecule has 4 heteroatoms. The number of hydrogen-bond donors (Lipinski definition) is 3. The Kier molecular flexibility index (Phi) is 4.32. The van der Waals surface area contributed by atoms with Crippen molar-refractivity contribution in [3.05, 3.63) is 84.9 Å². The Bertz CT molecular complexity index is 1500. The molecule has 2 heterocycles. The molecule has 148 valence electrons. The molecule has 0 radical (unpaired) electrons. The number of nitrogen functional groups attached to an aromatic ring is 2. The van der Waals surface area contributed by atoms with Crippen molar-refractivity contribution in [3.63, 3.8) is 0 Å². The van der Waals surface area contributed by atoms with Gasteiger partial charge in [-0.3, -0.25) is 0 Å². The van der Waals surface area contributed by atoms with Crippen LogP contribution in [0.4, 0.5) is 11.4 Å². The smallest absolute Gasteiger partial charge is 0.0492 e. The number of nitrogens with two attached hydrogens (primary N) is 2. The maximum absolute atomic E-state index is 5.86. The Morgan fingerprint density at radius 1 is 0.633 bits per heavy atom. The van der Waals surface area contributed by atoms with Crippen LogP contribution in [-0.4, -0.2) is 9.55 Å². The van der Waals surface area contributed by atoms with Gasteiger partial charge in [0, 0.05) is 61.5 Å². The number of aromatic amines is 1. The fourth-order valence-corrected chi connectivity index (χ4v) is 4.28. The number of hydrogen-bond acceptors (Lipinski definition) is 2. The number of nitrogens with zero attached hydrogens (tertiary/aromatic N) is 1. The molecule has 2 aromatic heterocycles. The molecule has 6 rings (SSSR count). The third kappa shape index (κ3) is 2.94. The van der Waals surface area contributed by atoms with Crippen molar-refractivity contribution < 1.29 is 0 Å². The topological polar surface area (TPSA) is 72.8 Å². The molecule has 4 aromatic carbocycles. The molecule has 5 N–H and O–H groups in total. The second-order valence-electron chi connectivity index (χ2n) is 7.51. The fraction of sp³-hybridized carbons (Fsp3) is 0.0769. The minimum absolute atomic E-state index is 0.808. The van der Waals surface area contributed by atoms with Crippen LogP contribution >= 0.6 is 0 Å². The maximum Gasteiger partial charge on any atom is 0.0492 e. The number of aromatic nitrogens is 2. The molecule has 0 aliphatic carbocycles. The van der Waals surface area contributed by atoms with E-state index in [1.807, 2.05) is 36.4 Å². The first-order valence-corrected chi connectivity index (χ1v) is 10.2. The van der Waals surface area contributed by atoms with E-state index in [9.17, 15) is 0 Å². The van der Waals surface area contributed by atoms with Gasteiger partial charge in [-0.1, -0.05) is 36.4 Å². The van der Waals surface area contributed by atoms with E-state index in [1.54, 1.807) is 0 Å². The Labute approximate surface area is 174 Å². The number of H-pyrrole nitrogens is 1. The highest BCUT2D eigenvalue weighted by atomic mass is 15.0. The Morgan fingerprint density at radius 2 is 1.23 bits per heavy atom. The lowest BCUT2D eigenvalue weighted by Crippen LogP contribution is -1.92. The maximum atomic E-state index is 5.86. The third-order valence-electron chi connectivity index (χ3n) is 5.64. The van der Waals surface area contributed by atoms with Gasteiger partial charge in [0.25, 0.3) is 0 Å². The molecule has 6 aromatic rings. The highest BCUT2D eigenvalue weighted by molar-refractivity contribution is 6.09. The van der Waals surface area contributed by atoms with Crippen molar-refractivity contribution in [1.82, 2.24) is 9.55 Å². The van der Waals surface area contributed by atoms with Crippen LogP contribution in [0.5, 0.6) is 0 Å². The molecule has 0 spiro atoms. The molecule has 0 atom stereocenters. The quantitative estimate of drug-likeness (QED) is 0.287. The van der Waals surface area contributed by atoms with E-state index in [0.717, 1.165) is 29.0 Å². The zero-order valence-corrected chi connectivity index (χ0v) is 16.9. The highest BCUT2D eigenvalue weighted by Crippen LogP contribution is 2.30. The zero-order valence-electron chi connectivity index (χ0n) is 16.9. The summed E-state index contributed by atoms with van der Waals surface area (Å²) in [6.07, 6.45) is 0. The van der Waals surface area contributed by atoms with Crippen LogP contribution in [0.15, 0.2) is 84.9 Å². The van der Waals surface area contributed by atoms with Gasteiger partial charge in [0.15, 0.2) is 0 Å². The molecule has 0 unspecified atom stereocenters. The normalized spacial score (nSPS) is 11.2. The second kappa shape index (κ2) is 7.16. The molecule has 30 heavy (non-hydrogen) atoms. The summed E-state index contributed by atoms with van der Waals surface area (Å²) in [4.78, 5) is 3.35. The predicted octanol–water partition coefficient (Wildman–Crippen LogP) is 6.30. The van der Waals surface area contributed by atoms with Crippen LogP contribution in [-0.2, 0) is 6.54 Å². The Morgan fingerprint density at radius 3 is 2.03 bits per heavy atom. The van der Waals surface area contributed by atoms with Crippen molar-refractivity contribution in [1.29, 1.82) is 0 Å². The summed E-state index contributed by atoms with van der Waals surface area (Å²) in [5.74, 6) is 0. The van der Waals surface area contributed by atoms with Crippen molar-refractivity contribution in [2.75, 3.05) is 11.5 Å². The fourth-order valence-electron chi connectivity index (χ4n) is 4.28. The lowest BCUT2D eigenvalue weighted by molar-refractivity contribution is 0.827. The zero-order chi connectivity index (χ0) is 20.7. The second-order valence-corrected chi connectivity index (χ2v) is 7.51.